The predicted octanol–water partition coefficient (Wildman–Crippen LogP) is -0.139. The third kappa shape index (κ3) is 2.67. The summed E-state index contributed by atoms with van der Waals surface area (Å²) in [6.45, 7) is 3.88. The van der Waals surface area contributed by atoms with Crippen LogP contribution < -0.4 is 15.5 Å². The fourth-order valence-corrected chi connectivity index (χ4v) is 5.21. The van der Waals surface area contributed by atoms with Crippen molar-refractivity contribution in [1.29, 1.82) is 0 Å². The Balaban J connectivity index is 1.41. The number of fused-ring (bicyclic) bond motifs is 1. The SMILES string of the molecule is O=C1c2cccc(N3CC4(CCNCC4)C3)c2C(=O)N1C1CCC(O)NC1O. The molecule has 3 fully saturated rings. The van der Waals surface area contributed by atoms with Gasteiger partial charge in [-0.2, -0.15) is 0 Å². The van der Waals surface area contributed by atoms with E-state index < -0.39 is 18.5 Å². The highest BCUT2D eigenvalue weighted by atomic mass is 16.3. The molecule has 0 aromatic heterocycles. The van der Waals surface area contributed by atoms with E-state index in [0.29, 0.717) is 29.4 Å². The number of rotatable bonds is 2. The lowest BCUT2D eigenvalue weighted by Gasteiger charge is -2.54. The number of nitrogens with zero attached hydrogens (tertiary/aromatic N) is 2. The lowest BCUT2D eigenvalue weighted by molar-refractivity contribution is -0.0413. The van der Waals surface area contributed by atoms with Crippen LogP contribution in [0, 0.1) is 5.41 Å². The van der Waals surface area contributed by atoms with Crippen molar-refractivity contribution in [3.8, 4) is 0 Å². The maximum atomic E-state index is 13.2. The first kappa shape index (κ1) is 18.1. The summed E-state index contributed by atoms with van der Waals surface area (Å²) < 4.78 is 0. The van der Waals surface area contributed by atoms with Crippen LogP contribution in [0.25, 0.3) is 0 Å². The molecule has 3 saturated heterocycles. The Bertz CT molecular complexity index is 814. The molecule has 0 radical (unpaired) electrons. The molecule has 1 spiro atoms. The summed E-state index contributed by atoms with van der Waals surface area (Å²) >= 11 is 0. The molecule has 4 aliphatic heterocycles. The zero-order valence-electron chi connectivity index (χ0n) is 15.7. The van der Waals surface area contributed by atoms with Crippen LogP contribution in [0.2, 0.25) is 0 Å². The Kier molecular flexibility index (Phi) is 4.20. The molecule has 4 heterocycles. The highest BCUT2D eigenvalue weighted by molar-refractivity contribution is 6.24. The second-order valence-electron chi connectivity index (χ2n) is 8.56. The molecule has 3 atom stereocenters. The average Bonchev–Trinajstić information content (AvgIpc) is 2.92. The summed E-state index contributed by atoms with van der Waals surface area (Å²) in [6, 6.07) is 4.77. The number of benzene rings is 1. The van der Waals surface area contributed by atoms with Gasteiger partial charge in [0.25, 0.3) is 11.8 Å². The van der Waals surface area contributed by atoms with Gasteiger partial charge in [-0.25, -0.2) is 0 Å². The van der Waals surface area contributed by atoms with E-state index in [0.717, 1.165) is 44.7 Å². The molecule has 2 amide bonds. The molecule has 4 aliphatic rings. The number of nitrogens with one attached hydrogen (secondary N) is 2. The van der Waals surface area contributed by atoms with Gasteiger partial charge < -0.3 is 20.4 Å². The molecule has 0 aliphatic carbocycles. The van der Waals surface area contributed by atoms with Gasteiger partial charge in [-0.1, -0.05) is 6.07 Å². The number of piperidine rings is 2. The van der Waals surface area contributed by atoms with E-state index >= 15 is 0 Å². The van der Waals surface area contributed by atoms with Gasteiger partial charge >= 0.3 is 0 Å². The van der Waals surface area contributed by atoms with E-state index in [1.165, 1.54) is 4.90 Å². The van der Waals surface area contributed by atoms with Gasteiger partial charge in [-0.3, -0.25) is 19.8 Å². The molecule has 1 aromatic carbocycles. The third-order valence-electron chi connectivity index (χ3n) is 6.78. The normalized spacial score (nSPS) is 31.9. The maximum Gasteiger partial charge on any atom is 0.264 e. The molecule has 8 heteroatoms. The Hall–Kier alpha value is -2.00. The number of hydrogen-bond acceptors (Lipinski definition) is 7. The van der Waals surface area contributed by atoms with Crippen LogP contribution in [-0.4, -0.2) is 71.6 Å². The molecule has 0 bridgehead atoms. The molecule has 3 unspecified atom stereocenters. The van der Waals surface area contributed by atoms with Crippen LogP contribution in [0.5, 0.6) is 0 Å². The van der Waals surface area contributed by atoms with Gasteiger partial charge in [0.2, 0.25) is 0 Å². The van der Waals surface area contributed by atoms with Crippen LogP contribution >= 0.6 is 0 Å². The number of hydrogen-bond donors (Lipinski definition) is 4. The van der Waals surface area contributed by atoms with Crippen molar-refractivity contribution in [2.24, 2.45) is 5.41 Å². The standard InChI is InChI=1S/C20H26N4O4/c25-15-5-4-14(17(26)22-15)24-18(27)12-2-1-3-13(16(12)19(24)28)23-10-20(11-23)6-8-21-9-7-20/h1-3,14-15,17,21-22,25-26H,4-11H2. The molecular formula is C20H26N4O4. The maximum absolute atomic E-state index is 13.2. The van der Waals surface area contributed by atoms with Crippen LogP contribution in [0.4, 0.5) is 5.69 Å². The van der Waals surface area contributed by atoms with Crippen LogP contribution in [0.1, 0.15) is 46.4 Å². The van der Waals surface area contributed by atoms with Crippen molar-refractivity contribution >= 4 is 17.5 Å². The number of imide groups is 1. The van der Waals surface area contributed by atoms with Gasteiger partial charge in [-0.05, 0) is 50.9 Å². The van der Waals surface area contributed by atoms with Crippen molar-refractivity contribution in [2.75, 3.05) is 31.1 Å². The lowest BCUT2D eigenvalue weighted by atomic mass is 9.72. The van der Waals surface area contributed by atoms with Crippen molar-refractivity contribution in [2.45, 2.75) is 44.2 Å². The zero-order chi connectivity index (χ0) is 19.5. The van der Waals surface area contributed by atoms with Gasteiger partial charge in [0.05, 0.1) is 22.9 Å². The number of aliphatic hydroxyl groups is 2. The number of carbonyl (C=O) groups is 2. The van der Waals surface area contributed by atoms with E-state index in [1.54, 1.807) is 6.07 Å². The summed E-state index contributed by atoms with van der Waals surface area (Å²) in [5, 5.41) is 26.0. The van der Waals surface area contributed by atoms with Crippen molar-refractivity contribution in [3.05, 3.63) is 29.3 Å². The Labute approximate surface area is 163 Å². The minimum absolute atomic E-state index is 0.318. The first-order chi connectivity index (χ1) is 13.5. The summed E-state index contributed by atoms with van der Waals surface area (Å²) in [6.07, 6.45) is 1.08. The quantitative estimate of drug-likeness (QED) is 0.525. The summed E-state index contributed by atoms with van der Waals surface area (Å²) in [4.78, 5) is 29.6. The number of amides is 2. The Morgan fingerprint density at radius 2 is 1.79 bits per heavy atom. The molecule has 0 saturated carbocycles. The molecule has 1 aromatic rings. The van der Waals surface area contributed by atoms with Crippen LogP contribution in [0.15, 0.2) is 18.2 Å². The van der Waals surface area contributed by atoms with E-state index in [9.17, 15) is 19.8 Å². The molecule has 4 N–H and O–H groups in total. The molecule has 28 heavy (non-hydrogen) atoms. The lowest BCUT2D eigenvalue weighted by Crippen LogP contribution is -2.60. The second-order valence-corrected chi connectivity index (χ2v) is 8.56. The first-order valence-electron chi connectivity index (χ1n) is 10.1. The third-order valence-corrected chi connectivity index (χ3v) is 6.78. The molecular weight excluding hydrogens is 360 g/mol. The minimum atomic E-state index is -1.13. The minimum Gasteiger partial charge on any atom is -0.379 e. The number of aliphatic hydroxyl groups excluding tert-OH is 2. The highest BCUT2D eigenvalue weighted by Crippen LogP contribution is 2.44. The van der Waals surface area contributed by atoms with Crippen LogP contribution in [-0.2, 0) is 0 Å². The van der Waals surface area contributed by atoms with E-state index in [-0.39, 0.29) is 11.8 Å². The number of anilines is 1. The molecule has 8 nitrogen and oxygen atoms in total. The Morgan fingerprint density at radius 1 is 1.04 bits per heavy atom. The summed E-state index contributed by atoms with van der Waals surface area (Å²) in [5.74, 6) is -0.703. The smallest absolute Gasteiger partial charge is 0.264 e. The highest BCUT2D eigenvalue weighted by Gasteiger charge is 2.49. The van der Waals surface area contributed by atoms with E-state index in [1.807, 2.05) is 12.1 Å². The summed E-state index contributed by atoms with van der Waals surface area (Å²) in [5.41, 5.74) is 2.00. The zero-order valence-corrected chi connectivity index (χ0v) is 15.7. The summed E-state index contributed by atoms with van der Waals surface area (Å²) in [7, 11) is 0. The van der Waals surface area contributed by atoms with E-state index in [4.69, 9.17) is 0 Å². The van der Waals surface area contributed by atoms with Gasteiger partial charge in [0.15, 0.2) is 0 Å². The van der Waals surface area contributed by atoms with Gasteiger partial charge in [0, 0.05) is 18.5 Å². The monoisotopic (exact) mass is 386 g/mol. The fraction of sp³-hybridized carbons (Fsp3) is 0.600. The fourth-order valence-electron chi connectivity index (χ4n) is 5.21. The second kappa shape index (κ2) is 6.52. The average molecular weight is 386 g/mol. The number of carbonyl (C=O) groups excluding carboxylic acids is 2. The van der Waals surface area contributed by atoms with Gasteiger partial charge in [0.1, 0.15) is 12.5 Å². The van der Waals surface area contributed by atoms with Crippen molar-refractivity contribution < 1.29 is 19.8 Å². The predicted molar refractivity (Wildman–Crippen MR) is 102 cm³/mol. The van der Waals surface area contributed by atoms with Crippen molar-refractivity contribution in [3.63, 3.8) is 0 Å². The molecule has 5 rings (SSSR count). The van der Waals surface area contributed by atoms with Crippen LogP contribution in [0.3, 0.4) is 0 Å². The van der Waals surface area contributed by atoms with Gasteiger partial charge in [-0.15, -0.1) is 0 Å². The first-order valence-corrected chi connectivity index (χ1v) is 10.1. The largest absolute Gasteiger partial charge is 0.379 e. The van der Waals surface area contributed by atoms with E-state index in [2.05, 4.69) is 15.5 Å². The topological polar surface area (TPSA) is 105 Å². The van der Waals surface area contributed by atoms with Crippen molar-refractivity contribution in [1.82, 2.24) is 15.5 Å². The molecule has 150 valence electrons. The Morgan fingerprint density at radius 3 is 2.50 bits per heavy atom.